The molecule has 0 N–H and O–H groups in total. The third-order valence-corrected chi connectivity index (χ3v) is 12.1. The standard InChI is InChI=1S/C55H36N2O/c1-35-12-11-21-53-54(35)47-33-42(34-52(55(47)58-53)57-49-19-9-5-15-43(49)44-16-6-10-20-50(44)57)56-48-18-8-7-17-45(48)46-32-41(30-31-51(46)56)40-28-26-39(27-29-40)38-24-22-37(23-25-38)36-13-3-2-4-14-36/h2-34H,1H3. The molecule has 0 fully saturated rings. The lowest BCUT2D eigenvalue weighted by molar-refractivity contribution is 0.666. The van der Waals surface area contributed by atoms with Crippen molar-refractivity contribution in [3.05, 3.63) is 206 Å². The Bertz CT molecular complexity index is 3490. The van der Waals surface area contributed by atoms with E-state index in [9.17, 15) is 0 Å². The SMILES string of the molecule is Cc1cccc2oc3c(-n4c5ccccc5c5ccccc54)cc(-n4c5ccccc5c5cc(-c6ccc(-c7ccc(-c8ccccc8)cc7)cc6)ccc54)cc3c12. The molecule has 0 radical (unpaired) electrons. The van der Waals surface area contributed by atoms with Crippen LogP contribution in [0.15, 0.2) is 205 Å². The molecule has 0 bridgehead atoms. The van der Waals surface area contributed by atoms with Gasteiger partial charge in [0.05, 0.1) is 27.8 Å². The zero-order valence-electron chi connectivity index (χ0n) is 31.9. The molecule has 0 spiro atoms. The molecule has 0 atom stereocenters. The van der Waals surface area contributed by atoms with Gasteiger partial charge < -0.3 is 13.6 Å². The lowest BCUT2D eigenvalue weighted by Gasteiger charge is -2.14. The maximum Gasteiger partial charge on any atom is 0.159 e. The fraction of sp³-hybridized carbons (Fsp3) is 0.0182. The van der Waals surface area contributed by atoms with Crippen molar-refractivity contribution >= 4 is 65.6 Å². The average molecular weight is 741 g/mol. The summed E-state index contributed by atoms with van der Waals surface area (Å²) in [4.78, 5) is 0. The highest BCUT2D eigenvalue weighted by atomic mass is 16.3. The molecule has 3 nitrogen and oxygen atoms in total. The van der Waals surface area contributed by atoms with Gasteiger partial charge in [0, 0.05) is 38.0 Å². The fourth-order valence-corrected chi connectivity index (χ4v) is 9.32. The number of aromatic nitrogens is 2. The molecular weight excluding hydrogens is 705 g/mol. The molecule has 0 unspecified atom stereocenters. The zero-order chi connectivity index (χ0) is 38.3. The number of rotatable bonds is 5. The molecule has 9 aromatic carbocycles. The molecule has 0 aliphatic rings. The maximum absolute atomic E-state index is 6.83. The van der Waals surface area contributed by atoms with Crippen LogP contribution >= 0.6 is 0 Å². The monoisotopic (exact) mass is 740 g/mol. The van der Waals surface area contributed by atoms with E-state index in [2.05, 4.69) is 216 Å². The number of benzene rings is 9. The van der Waals surface area contributed by atoms with Crippen LogP contribution in [-0.2, 0) is 0 Å². The number of hydrogen-bond donors (Lipinski definition) is 0. The average Bonchev–Trinajstić information content (AvgIpc) is 3.95. The molecule has 0 saturated heterocycles. The first-order valence-corrected chi connectivity index (χ1v) is 19.9. The van der Waals surface area contributed by atoms with E-state index in [4.69, 9.17) is 4.42 Å². The summed E-state index contributed by atoms with van der Waals surface area (Å²) in [7, 11) is 0. The van der Waals surface area contributed by atoms with E-state index in [1.807, 2.05) is 0 Å². The van der Waals surface area contributed by atoms with Gasteiger partial charge >= 0.3 is 0 Å². The molecule has 272 valence electrons. The van der Waals surface area contributed by atoms with Crippen LogP contribution in [0.4, 0.5) is 0 Å². The predicted octanol–water partition coefficient (Wildman–Crippen LogP) is 15.1. The highest BCUT2D eigenvalue weighted by Crippen LogP contribution is 2.42. The minimum Gasteiger partial charge on any atom is -0.454 e. The van der Waals surface area contributed by atoms with Crippen molar-refractivity contribution in [2.75, 3.05) is 0 Å². The van der Waals surface area contributed by atoms with Gasteiger partial charge in [-0.1, -0.05) is 152 Å². The number of para-hydroxylation sites is 3. The zero-order valence-corrected chi connectivity index (χ0v) is 31.9. The number of nitrogens with zero attached hydrogens (tertiary/aromatic N) is 2. The quantitative estimate of drug-likeness (QED) is 0.172. The summed E-state index contributed by atoms with van der Waals surface area (Å²) in [5, 5.41) is 7.16. The van der Waals surface area contributed by atoms with Gasteiger partial charge in [-0.05, 0) is 94.4 Å². The van der Waals surface area contributed by atoms with Gasteiger partial charge in [-0.3, -0.25) is 0 Å². The van der Waals surface area contributed by atoms with Crippen molar-refractivity contribution in [2.45, 2.75) is 6.92 Å². The van der Waals surface area contributed by atoms with E-state index in [1.54, 1.807) is 0 Å². The number of aryl methyl sites for hydroxylation is 1. The van der Waals surface area contributed by atoms with Gasteiger partial charge in [0.25, 0.3) is 0 Å². The van der Waals surface area contributed by atoms with E-state index in [0.717, 1.165) is 49.9 Å². The second kappa shape index (κ2) is 12.7. The number of furan rings is 1. The predicted molar refractivity (Wildman–Crippen MR) is 243 cm³/mol. The molecule has 3 heteroatoms. The van der Waals surface area contributed by atoms with Crippen LogP contribution in [0, 0.1) is 6.92 Å². The smallest absolute Gasteiger partial charge is 0.159 e. The van der Waals surface area contributed by atoms with E-state index in [1.165, 1.54) is 66.0 Å². The molecule has 3 aromatic heterocycles. The van der Waals surface area contributed by atoms with Gasteiger partial charge in [0.2, 0.25) is 0 Å². The van der Waals surface area contributed by atoms with Crippen molar-refractivity contribution in [2.24, 2.45) is 0 Å². The molecule has 3 heterocycles. The topological polar surface area (TPSA) is 23.0 Å². The molecular formula is C55H36N2O. The van der Waals surface area contributed by atoms with Gasteiger partial charge in [0.1, 0.15) is 5.58 Å². The first-order valence-electron chi connectivity index (χ1n) is 19.9. The normalized spacial score (nSPS) is 11.9. The van der Waals surface area contributed by atoms with Crippen LogP contribution in [0.5, 0.6) is 0 Å². The van der Waals surface area contributed by atoms with Crippen LogP contribution in [0.3, 0.4) is 0 Å². The van der Waals surface area contributed by atoms with Crippen molar-refractivity contribution < 1.29 is 4.42 Å². The Kier molecular flexibility index (Phi) is 7.14. The highest BCUT2D eigenvalue weighted by molar-refractivity contribution is 6.15. The number of hydrogen-bond acceptors (Lipinski definition) is 1. The summed E-state index contributed by atoms with van der Waals surface area (Å²) in [6.45, 7) is 2.18. The van der Waals surface area contributed by atoms with Gasteiger partial charge in [-0.15, -0.1) is 0 Å². The van der Waals surface area contributed by atoms with E-state index in [-0.39, 0.29) is 0 Å². The van der Waals surface area contributed by atoms with Crippen LogP contribution in [0.25, 0.3) is 110 Å². The van der Waals surface area contributed by atoms with Crippen molar-refractivity contribution in [3.8, 4) is 44.8 Å². The minimum absolute atomic E-state index is 0.887. The summed E-state index contributed by atoms with van der Waals surface area (Å²) in [6.07, 6.45) is 0. The molecule has 58 heavy (non-hydrogen) atoms. The molecule has 0 aliphatic carbocycles. The Morgan fingerprint density at radius 3 is 1.45 bits per heavy atom. The third-order valence-electron chi connectivity index (χ3n) is 12.1. The van der Waals surface area contributed by atoms with Crippen molar-refractivity contribution in [3.63, 3.8) is 0 Å². The lowest BCUT2D eigenvalue weighted by atomic mass is 9.97. The number of fused-ring (bicyclic) bond motifs is 9. The Morgan fingerprint density at radius 1 is 0.345 bits per heavy atom. The largest absolute Gasteiger partial charge is 0.454 e. The summed E-state index contributed by atoms with van der Waals surface area (Å²) in [5.74, 6) is 0. The Hall–Kier alpha value is -7.62. The minimum atomic E-state index is 0.887. The summed E-state index contributed by atoms with van der Waals surface area (Å²) >= 11 is 0. The Balaban J connectivity index is 1.03. The first-order chi connectivity index (χ1) is 28.7. The lowest BCUT2D eigenvalue weighted by Crippen LogP contribution is -1.99. The molecule has 12 aromatic rings. The molecule has 0 amide bonds. The van der Waals surface area contributed by atoms with Crippen molar-refractivity contribution in [1.29, 1.82) is 0 Å². The van der Waals surface area contributed by atoms with E-state index < -0.39 is 0 Å². The van der Waals surface area contributed by atoms with Crippen LogP contribution < -0.4 is 0 Å². The van der Waals surface area contributed by atoms with Crippen LogP contribution in [-0.4, -0.2) is 9.13 Å². The fourth-order valence-electron chi connectivity index (χ4n) is 9.32. The summed E-state index contributed by atoms with van der Waals surface area (Å²) in [6, 6.07) is 72.5. The van der Waals surface area contributed by atoms with E-state index in [0.29, 0.717) is 0 Å². The highest BCUT2D eigenvalue weighted by Gasteiger charge is 2.22. The second-order valence-corrected chi connectivity index (χ2v) is 15.4. The molecule has 0 aliphatic heterocycles. The summed E-state index contributed by atoms with van der Waals surface area (Å²) < 4.78 is 11.7. The molecule has 0 saturated carbocycles. The van der Waals surface area contributed by atoms with Crippen LogP contribution in [0.1, 0.15) is 5.56 Å². The third kappa shape index (κ3) is 4.93. The molecule has 12 rings (SSSR count). The first kappa shape index (κ1) is 32.6. The second-order valence-electron chi connectivity index (χ2n) is 15.4. The van der Waals surface area contributed by atoms with Gasteiger partial charge in [0.15, 0.2) is 5.58 Å². The van der Waals surface area contributed by atoms with Gasteiger partial charge in [-0.25, -0.2) is 0 Å². The Labute approximate surface area is 335 Å². The van der Waals surface area contributed by atoms with E-state index >= 15 is 0 Å². The summed E-state index contributed by atoms with van der Waals surface area (Å²) in [5.41, 5.74) is 17.0. The van der Waals surface area contributed by atoms with Crippen molar-refractivity contribution in [1.82, 2.24) is 9.13 Å². The van der Waals surface area contributed by atoms with Gasteiger partial charge in [-0.2, -0.15) is 0 Å². The van der Waals surface area contributed by atoms with Crippen LogP contribution in [0.2, 0.25) is 0 Å². The maximum atomic E-state index is 6.83. The Morgan fingerprint density at radius 2 is 0.828 bits per heavy atom.